The standard InChI is InChI=1S/C48H30O2/c1-2-12-30-28-45-42(26-29(30)11-1)41-27-33(23-24-44(41)49-45)47-38-18-5-3-16-36(38)46(37-17-4-6-19-39(37)47)32-14-9-13-31(25-32)34-20-10-21-40-35-15-7-8-22-43(35)50-48(34)40/h1-28,41,44H. The van der Waals surface area contributed by atoms with E-state index in [-0.39, 0.29) is 12.0 Å². The number of benzene rings is 8. The van der Waals surface area contributed by atoms with E-state index in [0.29, 0.717) is 0 Å². The van der Waals surface area contributed by atoms with Gasteiger partial charge in [0.1, 0.15) is 23.0 Å². The summed E-state index contributed by atoms with van der Waals surface area (Å²) in [6.45, 7) is 0. The van der Waals surface area contributed by atoms with Crippen LogP contribution in [-0.4, -0.2) is 6.10 Å². The van der Waals surface area contributed by atoms with Crippen LogP contribution in [0.2, 0.25) is 0 Å². The third-order valence-corrected chi connectivity index (χ3v) is 10.8. The number of ether oxygens (including phenoxy) is 1. The lowest BCUT2D eigenvalue weighted by molar-refractivity contribution is 0.269. The minimum atomic E-state index is 0.00121. The number of para-hydroxylation sites is 2. The molecule has 1 aliphatic carbocycles. The lowest BCUT2D eigenvalue weighted by Crippen LogP contribution is -2.17. The van der Waals surface area contributed by atoms with E-state index in [1.807, 2.05) is 12.1 Å². The molecule has 0 bridgehead atoms. The first kappa shape index (κ1) is 27.6. The smallest absolute Gasteiger partial charge is 0.143 e. The molecule has 2 aliphatic rings. The van der Waals surface area contributed by atoms with Crippen LogP contribution in [0.3, 0.4) is 0 Å². The lowest BCUT2D eigenvalue weighted by Gasteiger charge is -2.22. The molecule has 0 saturated heterocycles. The zero-order valence-corrected chi connectivity index (χ0v) is 27.1. The fraction of sp³-hybridized carbons (Fsp3) is 0.0417. The Balaban J connectivity index is 1.10. The van der Waals surface area contributed by atoms with E-state index in [2.05, 4.69) is 158 Å². The number of hydrogen-bond donors (Lipinski definition) is 0. The molecule has 1 aliphatic heterocycles. The van der Waals surface area contributed by atoms with Gasteiger partial charge in [0.2, 0.25) is 0 Å². The molecule has 2 heteroatoms. The van der Waals surface area contributed by atoms with Crippen molar-refractivity contribution in [1.29, 1.82) is 0 Å². The molecule has 1 aromatic heterocycles. The van der Waals surface area contributed by atoms with E-state index in [9.17, 15) is 0 Å². The fourth-order valence-electron chi connectivity index (χ4n) is 8.52. The van der Waals surface area contributed by atoms with Crippen molar-refractivity contribution in [2.45, 2.75) is 12.0 Å². The van der Waals surface area contributed by atoms with Gasteiger partial charge in [-0.2, -0.15) is 0 Å². The molecule has 2 unspecified atom stereocenters. The Morgan fingerprint density at radius 3 is 1.88 bits per heavy atom. The Morgan fingerprint density at radius 2 is 1.10 bits per heavy atom. The zero-order chi connectivity index (χ0) is 32.8. The summed E-state index contributed by atoms with van der Waals surface area (Å²) in [5.74, 6) is 1.15. The van der Waals surface area contributed by atoms with Crippen molar-refractivity contribution < 1.29 is 9.15 Å². The predicted molar refractivity (Wildman–Crippen MR) is 208 cm³/mol. The second-order valence-electron chi connectivity index (χ2n) is 13.5. The minimum Gasteiger partial charge on any atom is -0.485 e. The summed E-state index contributed by atoms with van der Waals surface area (Å²) in [7, 11) is 0. The van der Waals surface area contributed by atoms with Crippen LogP contribution < -0.4 is 4.74 Å². The maximum absolute atomic E-state index is 6.51. The highest BCUT2D eigenvalue weighted by Crippen LogP contribution is 2.48. The fourth-order valence-corrected chi connectivity index (χ4v) is 8.52. The van der Waals surface area contributed by atoms with Crippen LogP contribution >= 0.6 is 0 Å². The van der Waals surface area contributed by atoms with E-state index < -0.39 is 0 Å². The van der Waals surface area contributed by atoms with Crippen molar-refractivity contribution in [3.05, 3.63) is 181 Å². The molecule has 0 N–H and O–H groups in total. The van der Waals surface area contributed by atoms with E-state index in [1.54, 1.807) is 0 Å². The molecule has 9 aromatic rings. The third kappa shape index (κ3) is 4.02. The molecule has 50 heavy (non-hydrogen) atoms. The summed E-state index contributed by atoms with van der Waals surface area (Å²) in [5.41, 5.74) is 10.3. The van der Waals surface area contributed by atoms with Crippen LogP contribution in [0.25, 0.3) is 82.1 Å². The third-order valence-electron chi connectivity index (χ3n) is 10.8. The van der Waals surface area contributed by atoms with Crippen LogP contribution in [0, 0.1) is 0 Å². The van der Waals surface area contributed by atoms with Crippen molar-refractivity contribution in [3.8, 4) is 28.0 Å². The SMILES string of the molecule is C1=CC2Oc3cc4ccccc4cc3C2C=C1c1c2ccccc2c(-c2cccc(-c3cccc4c3oc3ccccc34)c2)c2ccccc12. The van der Waals surface area contributed by atoms with Gasteiger partial charge in [0.05, 0.1) is 0 Å². The summed E-state index contributed by atoms with van der Waals surface area (Å²) >= 11 is 0. The lowest BCUT2D eigenvalue weighted by atomic mass is 9.81. The van der Waals surface area contributed by atoms with Gasteiger partial charge in [0, 0.05) is 27.8 Å². The maximum Gasteiger partial charge on any atom is 0.143 e. The molecule has 0 saturated carbocycles. The molecular formula is C48H30O2. The van der Waals surface area contributed by atoms with Gasteiger partial charge in [-0.05, 0) is 90.5 Å². The Labute approximate surface area is 289 Å². The quantitative estimate of drug-likeness (QED) is 0.180. The normalized spacial score (nSPS) is 16.6. The van der Waals surface area contributed by atoms with Crippen molar-refractivity contribution in [2.24, 2.45) is 0 Å². The summed E-state index contributed by atoms with van der Waals surface area (Å²) in [4.78, 5) is 0. The van der Waals surface area contributed by atoms with Crippen molar-refractivity contribution in [1.82, 2.24) is 0 Å². The van der Waals surface area contributed by atoms with Crippen LogP contribution in [0.1, 0.15) is 17.0 Å². The van der Waals surface area contributed by atoms with E-state index >= 15 is 0 Å². The van der Waals surface area contributed by atoms with Crippen LogP contribution in [0.15, 0.2) is 174 Å². The van der Waals surface area contributed by atoms with Gasteiger partial charge in [0.25, 0.3) is 0 Å². The molecule has 0 fully saturated rings. The molecule has 2 atom stereocenters. The van der Waals surface area contributed by atoms with Crippen molar-refractivity contribution in [2.75, 3.05) is 0 Å². The highest BCUT2D eigenvalue weighted by molar-refractivity contribution is 6.20. The van der Waals surface area contributed by atoms with E-state index in [4.69, 9.17) is 9.15 Å². The van der Waals surface area contributed by atoms with Gasteiger partial charge in [-0.25, -0.2) is 0 Å². The molecule has 2 nitrogen and oxygen atoms in total. The van der Waals surface area contributed by atoms with Crippen LogP contribution in [0.4, 0.5) is 0 Å². The van der Waals surface area contributed by atoms with Crippen LogP contribution in [-0.2, 0) is 0 Å². The van der Waals surface area contributed by atoms with Gasteiger partial charge in [-0.3, -0.25) is 0 Å². The summed E-state index contributed by atoms with van der Waals surface area (Å²) < 4.78 is 13.0. The van der Waals surface area contributed by atoms with Crippen molar-refractivity contribution in [3.63, 3.8) is 0 Å². The summed E-state index contributed by atoms with van der Waals surface area (Å²) in [6.07, 6.45) is 6.97. The second-order valence-corrected chi connectivity index (χ2v) is 13.5. The second kappa shape index (κ2) is 10.6. The number of rotatable bonds is 3. The Morgan fingerprint density at radius 1 is 0.480 bits per heavy atom. The molecule has 0 amide bonds. The number of furan rings is 1. The van der Waals surface area contributed by atoms with Crippen molar-refractivity contribution >= 4 is 59.8 Å². The Kier molecular flexibility index (Phi) is 5.82. The van der Waals surface area contributed by atoms with E-state index in [1.165, 1.54) is 60.1 Å². The molecule has 8 aromatic carbocycles. The monoisotopic (exact) mass is 638 g/mol. The topological polar surface area (TPSA) is 22.4 Å². The number of allylic oxidation sites excluding steroid dienone is 2. The highest BCUT2D eigenvalue weighted by atomic mass is 16.5. The molecule has 0 radical (unpaired) electrons. The molecular weight excluding hydrogens is 609 g/mol. The molecule has 0 spiro atoms. The first-order valence-electron chi connectivity index (χ1n) is 17.3. The maximum atomic E-state index is 6.51. The number of hydrogen-bond acceptors (Lipinski definition) is 2. The van der Waals surface area contributed by atoms with E-state index in [0.717, 1.165) is 38.8 Å². The summed E-state index contributed by atoms with van der Waals surface area (Å²) in [6, 6.07) is 54.6. The first-order chi connectivity index (χ1) is 24.8. The highest BCUT2D eigenvalue weighted by Gasteiger charge is 2.34. The first-order valence-corrected chi connectivity index (χ1v) is 17.3. The number of fused-ring (bicyclic) bond motifs is 9. The average molecular weight is 639 g/mol. The molecule has 2 heterocycles. The molecule has 11 rings (SSSR count). The zero-order valence-electron chi connectivity index (χ0n) is 27.1. The Bertz CT molecular complexity index is 2860. The average Bonchev–Trinajstić information content (AvgIpc) is 3.73. The Hall–Kier alpha value is -6.38. The van der Waals surface area contributed by atoms with Gasteiger partial charge >= 0.3 is 0 Å². The van der Waals surface area contributed by atoms with Gasteiger partial charge < -0.3 is 9.15 Å². The van der Waals surface area contributed by atoms with Crippen LogP contribution in [0.5, 0.6) is 5.75 Å². The summed E-state index contributed by atoms with van der Waals surface area (Å²) in [5, 5.41) is 9.73. The predicted octanol–water partition coefficient (Wildman–Crippen LogP) is 12.9. The molecule has 234 valence electrons. The largest absolute Gasteiger partial charge is 0.485 e. The van der Waals surface area contributed by atoms with Gasteiger partial charge in [-0.15, -0.1) is 0 Å². The minimum absolute atomic E-state index is 0.00121. The van der Waals surface area contributed by atoms with Gasteiger partial charge in [0.15, 0.2) is 0 Å². The van der Waals surface area contributed by atoms with Gasteiger partial charge in [-0.1, -0.05) is 140 Å².